The van der Waals surface area contributed by atoms with Crippen molar-refractivity contribution in [3.8, 4) is 0 Å². The van der Waals surface area contributed by atoms with Gasteiger partial charge in [0.1, 0.15) is 5.01 Å². The fourth-order valence-corrected chi connectivity index (χ4v) is 3.13. The fourth-order valence-electron chi connectivity index (χ4n) is 1.88. The van der Waals surface area contributed by atoms with Crippen LogP contribution in [0.2, 0.25) is 0 Å². The molecule has 0 radical (unpaired) electrons. The number of alkyl halides is 1. The average Bonchev–Trinajstić information content (AvgIpc) is 2.71. The molecule has 0 amide bonds. The zero-order valence-electron chi connectivity index (χ0n) is 10.0. The van der Waals surface area contributed by atoms with Gasteiger partial charge in [-0.1, -0.05) is 19.1 Å². The molecule has 0 bridgehead atoms. The molecule has 0 fully saturated rings. The van der Waals surface area contributed by atoms with Crippen molar-refractivity contribution in [1.82, 2.24) is 9.88 Å². The number of hydrogen-bond donors (Lipinski definition) is 0. The predicted octanol–water partition coefficient (Wildman–Crippen LogP) is 3.75. The molecule has 2 nitrogen and oxygen atoms in total. The Labute approximate surface area is 111 Å². The maximum Gasteiger partial charge on any atom is 0.108 e. The molecule has 1 heterocycles. The molecule has 0 aliphatic rings. The zero-order chi connectivity index (χ0) is 12.1. The number of hydrogen-bond acceptors (Lipinski definition) is 3. The number of halogens is 1. The van der Waals surface area contributed by atoms with E-state index in [0.29, 0.717) is 5.88 Å². The quantitative estimate of drug-likeness (QED) is 0.742. The van der Waals surface area contributed by atoms with Crippen molar-refractivity contribution in [3.63, 3.8) is 0 Å². The third-order valence-corrected chi connectivity index (χ3v) is 3.83. The highest BCUT2D eigenvalue weighted by molar-refractivity contribution is 7.18. The topological polar surface area (TPSA) is 16.1 Å². The van der Waals surface area contributed by atoms with Crippen LogP contribution in [0.3, 0.4) is 0 Å². The maximum absolute atomic E-state index is 5.82. The van der Waals surface area contributed by atoms with Crippen LogP contribution in [0.1, 0.15) is 18.4 Å². The van der Waals surface area contributed by atoms with E-state index in [-0.39, 0.29) is 0 Å². The molecule has 0 N–H and O–H groups in total. The van der Waals surface area contributed by atoms with Gasteiger partial charge in [-0.05, 0) is 25.1 Å². The monoisotopic (exact) mass is 268 g/mol. The van der Waals surface area contributed by atoms with Crippen LogP contribution < -0.4 is 0 Å². The summed E-state index contributed by atoms with van der Waals surface area (Å²) in [6, 6.07) is 8.30. The number of aromatic nitrogens is 1. The van der Waals surface area contributed by atoms with Crippen molar-refractivity contribution in [2.75, 3.05) is 19.0 Å². The summed E-state index contributed by atoms with van der Waals surface area (Å²) in [5, 5.41) is 1.18. The van der Waals surface area contributed by atoms with Crippen LogP contribution in [0.15, 0.2) is 24.3 Å². The van der Waals surface area contributed by atoms with Crippen molar-refractivity contribution >= 4 is 33.2 Å². The van der Waals surface area contributed by atoms with Crippen molar-refractivity contribution in [3.05, 3.63) is 29.3 Å². The molecule has 2 aromatic rings. The normalized spacial score (nSPS) is 11.5. The SMILES string of the molecule is CCCN(CCCl)Cc1nc2ccccc2s1. The van der Waals surface area contributed by atoms with Crippen LogP contribution in [0, 0.1) is 0 Å². The van der Waals surface area contributed by atoms with E-state index in [1.54, 1.807) is 11.3 Å². The second-order valence-electron chi connectivity index (χ2n) is 4.04. The first-order valence-corrected chi connectivity index (χ1v) is 7.31. The molecule has 0 aliphatic heterocycles. The van der Waals surface area contributed by atoms with E-state index in [4.69, 9.17) is 11.6 Å². The molecule has 0 aliphatic carbocycles. The first-order chi connectivity index (χ1) is 8.33. The van der Waals surface area contributed by atoms with Crippen LogP contribution in [-0.4, -0.2) is 28.9 Å². The summed E-state index contributed by atoms with van der Waals surface area (Å²) in [6.07, 6.45) is 1.15. The van der Waals surface area contributed by atoms with Gasteiger partial charge in [0.15, 0.2) is 0 Å². The minimum absolute atomic E-state index is 0.685. The molecule has 0 unspecified atom stereocenters. The molecular weight excluding hydrogens is 252 g/mol. The standard InChI is InChI=1S/C13H17ClN2S/c1-2-8-16(9-7-14)10-13-15-11-5-3-4-6-12(11)17-13/h3-6H,2,7-10H2,1H3. The summed E-state index contributed by atoms with van der Waals surface area (Å²) in [5.41, 5.74) is 1.11. The second-order valence-corrected chi connectivity index (χ2v) is 5.53. The third kappa shape index (κ3) is 3.41. The highest BCUT2D eigenvalue weighted by atomic mass is 35.5. The Hall–Kier alpha value is -0.640. The van der Waals surface area contributed by atoms with E-state index in [1.807, 2.05) is 6.07 Å². The van der Waals surface area contributed by atoms with Gasteiger partial charge in [-0.25, -0.2) is 4.98 Å². The lowest BCUT2D eigenvalue weighted by atomic mass is 10.3. The molecule has 1 aromatic carbocycles. The van der Waals surface area contributed by atoms with Gasteiger partial charge in [-0.2, -0.15) is 0 Å². The molecule has 0 atom stereocenters. The summed E-state index contributed by atoms with van der Waals surface area (Å²) < 4.78 is 1.27. The van der Waals surface area contributed by atoms with E-state index >= 15 is 0 Å². The fraction of sp³-hybridized carbons (Fsp3) is 0.462. The van der Waals surface area contributed by atoms with E-state index in [9.17, 15) is 0 Å². The highest BCUT2D eigenvalue weighted by Crippen LogP contribution is 2.22. The summed E-state index contributed by atoms with van der Waals surface area (Å²) >= 11 is 7.60. The van der Waals surface area contributed by atoms with E-state index in [2.05, 4.69) is 35.0 Å². The van der Waals surface area contributed by atoms with Crippen LogP contribution >= 0.6 is 22.9 Å². The number of fused-ring (bicyclic) bond motifs is 1. The minimum atomic E-state index is 0.685. The van der Waals surface area contributed by atoms with Crippen molar-refractivity contribution in [2.24, 2.45) is 0 Å². The Morgan fingerprint density at radius 1 is 1.29 bits per heavy atom. The maximum atomic E-state index is 5.82. The van der Waals surface area contributed by atoms with Gasteiger partial charge in [0, 0.05) is 12.4 Å². The second kappa shape index (κ2) is 6.34. The van der Waals surface area contributed by atoms with Gasteiger partial charge in [-0.3, -0.25) is 4.90 Å². The Balaban J connectivity index is 2.10. The molecule has 2 rings (SSSR count). The Morgan fingerprint density at radius 3 is 2.82 bits per heavy atom. The van der Waals surface area contributed by atoms with Gasteiger partial charge in [-0.15, -0.1) is 22.9 Å². The lowest BCUT2D eigenvalue weighted by Gasteiger charge is -2.18. The lowest BCUT2D eigenvalue weighted by molar-refractivity contribution is 0.282. The molecule has 0 saturated carbocycles. The van der Waals surface area contributed by atoms with Crippen molar-refractivity contribution in [1.29, 1.82) is 0 Å². The van der Waals surface area contributed by atoms with E-state index in [1.165, 1.54) is 9.71 Å². The van der Waals surface area contributed by atoms with Gasteiger partial charge in [0.25, 0.3) is 0 Å². The van der Waals surface area contributed by atoms with Crippen molar-refractivity contribution < 1.29 is 0 Å². The van der Waals surface area contributed by atoms with Crippen LogP contribution in [0.25, 0.3) is 10.2 Å². The predicted molar refractivity (Wildman–Crippen MR) is 75.9 cm³/mol. The summed E-state index contributed by atoms with van der Waals surface area (Å²) in [6.45, 7) is 5.13. The van der Waals surface area contributed by atoms with E-state index in [0.717, 1.165) is 31.6 Å². The number of benzene rings is 1. The lowest BCUT2D eigenvalue weighted by Crippen LogP contribution is -2.26. The Kier molecular flexibility index (Phi) is 4.77. The highest BCUT2D eigenvalue weighted by Gasteiger charge is 2.08. The smallest absolute Gasteiger partial charge is 0.108 e. The first kappa shape index (κ1) is 12.8. The molecule has 0 spiro atoms. The molecule has 4 heteroatoms. The Morgan fingerprint density at radius 2 is 2.12 bits per heavy atom. The van der Waals surface area contributed by atoms with Crippen LogP contribution in [0.4, 0.5) is 0 Å². The van der Waals surface area contributed by atoms with E-state index < -0.39 is 0 Å². The first-order valence-electron chi connectivity index (χ1n) is 5.96. The summed E-state index contributed by atoms with van der Waals surface area (Å²) in [5.74, 6) is 0.685. The number of nitrogens with zero attached hydrogens (tertiary/aromatic N) is 2. The number of rotatable bonds is 6. The van der Waals surface area contributed by atoms with Crippen molar-refractivity contribution in [2.45, 2.75) is 19.9 Å². The molecular formula is C13H17ClN2S. The third-order valence-electron chi connectivity index (χ3n) is 2.64. The Bertz CT molecular complexity index is 430. The summed E-state index contributed by atoms with van der Waals surface area (Å²) in [7, 11) is 0. The average molecular weight is 269 g/mol. The molecule has 17 heavy (non-hydrogen) atoms. The van der Waals surface area contributed by atoms with Gasteiger partial charge < -0.3 is 0 Å². The van der Waals surface area contributed by atoms with Gasteiger partial charge in [0.2, 0.25) is 0 Å². The van der Waals surface area contributed by atoms with Crippen LogP contribution in [0.5, 0.6) is 0 Å². The molecule has 1 aromatic heterocycles. The largest absolute Gasteiger partial charge is 0.295 e. The minimum Gasteiger partial charge on any atom is -0.295 e. The van der Waals surface area contributed by atoms with Gasteiger partial charge in [0.05, 0.1) is 16.8 Å². The number of thiazole rings is 1. The van der Waals surface area contributed by atoms with Gasteiger partial charge >= 0.3 is 0 Å². The van der Waals surface area contributed by atoms with Crippen LogP contribution in [-0.2, 0) is 6.54 Å². The zero-order valence-corrected chi connectivity index (χ0v) is 11.6. The molecule has 92 valence electrons. The molecule has 0 saturated heterocycles. The summed E-state index contributed by atoms with van der Waals surface area (Å²) in [4.78, 5) is 7.02. The number of para-hydroxylation sites is 1.